The fourth-order valence-electron chi connectivity index (χ4n) is 2.26. The summed E-state index contributed by atoms with van der Waals surface area (Å²) in [5, 5.41) is 6.38. The average molecular weight is 308 g/mol. The van der Waals surface area contributed by atoms with E-state index in [1.807, 2.05) is 0 Å². The van der Waals surface area contributed by atoms with Crippen molar-refractivity contribution in [2.24, 2.45) is 0 Å². The molecule has 0 amide bonds. The number of hydrogen-bond acceptors (Lipinski definition) is 3. The summed E-state index contributed by atoms with van der Waals surface area (Å²) in [6.45, 7) is 6.51. The molecule has 0 aliphatic rings. The van der Waals surface area contributed by atoms with Crippen LogP contribution in [-0.2, 0) is 0 Å². The number of aryl methyl sites for hydroxylation is 1. The van der Waals surface area contributed by atoms with Gasteiger partial charge in [-0.25, -0.2) is 4.98 Å². The van der Waals surface area contributed by atoms with Crippen LogP contribution in [0.4, 0.5) is 10.8 Å². The molecule has 1 heterocycles. The molecule has 0 aliphatic heterocycles. The molecule has 0 aliphatic carbocycles. The normalized spacial score (nSPS) is 10.9. The van der Waals surface area contributed by atoms with E-state index in [1.165, 1.54) is 11.1 Å². The standard InChI is InChI=1S/C19H20N2S/c1-13(2)15-6-8-16(9-7-15)18-12-22-19(21-18)20-17-10-4-14(3)5-11-17/h4-13H,1-3H3,(H,20,21). The minimum atomic E-state index is 0.559. The number of nitrogens with one attached hydrogen (secondary N) is 1. The molecule has 0 spiro atoms. The second-order valence-corrected chi connectivity index (χ2v) is 6.66. The quantitative estimate of drug-likeness (QED) is 0.640. The van der Waals surface area contributed by atoms with E-state index in [0.717, 1.165) is 22.1 Å². The molecule has 2 aromatic carbocycles. The van der Waals surface area contributed by atoms with Gasteiger partial charge in [0.05, 0.1) is 5.69 Å². The lowest BCUT2D eigenvalue weighted by atomic mass is 10.0. The van der Waals surface area contributed by atoms with Crippen LogP contribution in [0.1, 0.15) is 30.9 Å². The topological polar surface area (TPSA) is 24.9 Å². The molecule has 1 aromatic heterocycles. The SMILES string of the molecule is Cc1ccc(Nc2nc(-c3ccc(C(C)C)cc3)cs2)cc1. The molecule has 2 nitrogen and oxygen atoms in total. The Morgan fingerprint density at radius 3 is 2.27 bits per heavy atom. The third-order valence-corrected chi connectivity index (χ3v) is 4.44. The number of benzene rings is 2. The largest absolute Gasteiger partial charge is 0.332 e. The zero-order valence-electron chi connectivity index (χ0n) is 13.1. The smallest absolute Gasteiger partial charge is 0.187 e. The van der Waals surface area contributed by atoms with Gasteiger partial charge in [0.15, 0.2) is 5.13 Å². The number of thiazole rings is 1. The van der Waals surface area contributed by atoms with Gasteiger partial charge in [-0.05, 0) is 30.5 Å². The Hall–Kier alpha value is -2.13. The lowest BCUT2D eigenvalue weighted by Gasteiger charge is -2.05. The van der Waals surface area contributed by atoms with E-state index in [9.17, 15) is 0 Å². The molecule has 112 valence electrons. The molecule has 3 rings (SSSR count). The molecule has 0 saturated carbocycles. The van der Waals surface area contributed by atoms with E-state index in [0.29, 0.717) is 5.92 Å². The third kappa shape index (κ3) is 3.37. The fourth-order valence-corrected chi connectivity index (χ4v) is 3.00. The van der Waals surface area contributed by atoms with Crippen LogP contribution in [0.2, 0.25) is 0 Å². The summed E-state index contributed by atoms with van der Waals surface area (Å²) in [4.78, 5) is 4.68. The molecule has 3 heteroatoms. The predicted octanol–water partition coefficient (Wildman–Crippen LogP) is 5.99. The van der Waals surface area contributed by atoms with Crippen molar-refractivity contribution in [2.75, 3.05) is 5.32 Å². The zero-order valence-corrected chi connectivity index (χ0v) is 13.9. The van der Waals surface area contributed by atoms with Crippen LogP contribution in [-0.4, -0.2) is 4.98 Å². The first-order valence-corrected chi connectivity index (χ1v) is 8.39. The second kappa shape index (κ2) is 6.32. The molecule has 0 saturated heterocycles. The molecule has 0 atom stereocenters. The molecule has 0 unspecified atom stereocenters. The first-order chi connectivity index (χ1) is 10.6. The van der Waals surface area contributed by atoms with E-state index < -0.39 is 0 Å². The Kier molecular flexibility index (Phi) is 4.25. The van der Waals surface area contributed by atoms with Gasteiger partial charge >= 0.3 is 0 Å². The molecule has 3 aromatic rings. The molecule has 22 heavy (non-hydrogen) atoms. The van der Waals surface area contributed by atoms with Crippen molar-refractivity contribution in [3.05, 3.63) is 65.0 Å². The van der Waals surface area contributed by atoms with E-state index in [4.69, 9.17) is 0 Å². The van der Waals surface area contributed by atoms with Crippen LogP contribution >= 0.6 is 11.3 Å². The van der Waals surface area contributed by atoms with Crippen LogP contribution in [0.5, 0.6) is 0 Å². The van der Waals surface area contributed by atoms with E-state index in [-0.39, 0.29) is 0 Å². The van der Waals surface area contributed by atoms with E-state index >= 15 is 0 Å². The van der Waals surface area contributed by atoms with Crippen molar-refractivity contribution >= 4 is 22.2 Å². The lowest BCUT2D eigenvalue weighted by Crippen LogP contribution is -1.90. The van der Waals surface area contributed by atoms with Crippen molar-refractivity contribution in [1.82, 2.24) is 4.98 Å². The summed E-state index contributed by atoms with van der Waals surface area (Å²) in [5.74, 6) is 0.559. The first kappa shape index (κ1) is 14.8. The van der Waals surface area contributed by atoms with Crippen molar-refractivity contribution in [3.8, 4) is 11.3 Å². The molecular weight excluding hydrogens is 288 g/mol. The highest BCUT2D eigenvalue weighted by atomic mass is 32.1. The minimum absolute atomic E-state index is 0.559. The summed E-state index contributed by atoms with van der Waals surface area (Å²) in [6, 6.07) is 17.0. The summed E-state index contributed by atoms with van der Waals surface area (Å²) in [6.07, 6.45) is 0. The predicted molar refractivity (Wildman–Crippen MR) is 96.1 cm³/mol. The van der Waals surface area contributed by atoms with Crippen molar-refractivity contribution in [2.45, 2.75) is 26.7 Å². The number of rotatable bonds is 4. The lowest BCUT2D eigenvalue weighted by molar-refractivity contribution is 0.867. The van der Waals surface area contributed by atoms with Gasteiger partial charge in [0.1, 0.15) is 0 Å². The summed E-state index contributed by atoms with van der Waals surface area (Å²) in [5.41, 5.74) is 5.88. The first-order valence-electron chi connectivity index (χ1n) is 7.51. The summed E-state index contributed by atoms with van der Waals surface area (Å²) in [7, 11) is 0. The maximum Gasteiger partial charge on any atom is 0.187 e. The van der Waals surface area contributed by atoms with Crippen LogP contribution in [0, 0.1) is 6.92 Å². The number of nitrogens with zero attached hydrogens (tertiary/aromatic N) is 1. The summed E-state index contributed by atoms with van der Waals surface area (Å²) < 4.78 is 0. The van der Waals surface area contributed by atoms with Crippen LogP contribution in [0.3, 0.4) is 0 Å². The van der Waals surface area contributed by atoms with E-state index in [2.05, 4.69) is 85.0 Å². The van der Waals surface area contributed by atoms with Crippen molar-refractivity contribution in [1.29, 1.82) is 0 Å². The Morgan fingerprint density at radius 2 is 1.64 bits per heavy atom. The zero-order chi connectivity index (χ0) is 15.5. The van der Waals surface area contributed by atoms with Gasteiger partial charge in [0.2, 0.25) is 0 Å². The van der Waals surface area contributed by atoms with Crippen molar-refractivity contribution in [3.63, 3.8) is 0 Å². The van der Waals surface area contributed by atoms with Gasteiger partial charge in [-0.2, -0.15) is 0 Å². The maximum absolute atomic E-state index is 4.68. The second-order valence-electron chi connectivity index (χ2n) is 5.81. The number of hydrogen-bond donors (Lipinski definition) is 1. The van der Waals surface area contributed by atoms with Gasteiger partial charge in [0, 0.05) is 16.6 Å². The molecule has 0 fully saturated rings. The molecular formula is C19H20N2S. The van der Waals surface area contributed by atoms with Gasteiger partial charge in [-0.15, -0.1) is 11.3 Å². The highest BCUT2D eigenvalue weighted by Crippen LogP contribution is 2.28. The van der Waals surface area contributed by atoms with Gasteiger partial charge in [-0.3, -0.25) is 0 Å². The minimum Gasteiger partial charge on any atom is -0.332 e. The van der Waals surface area contributed by atoms with E-state index in [1.54, 1.807) is 11.3 Å². The van der Waals surface area contributed by atoms with Crippen LogP contribution in [0.25, 0.3) is 11.3 Å². The number of aromatic nitrogens is 1. The fraction of sp³-hybridized carbons (Fsp3) is 0.211. The van der Waals surface area contributed by atoms with Gasteiger partial charge in [0.25, 0.3) is 0 Å². The number of anilines is 2. The van der Waals surface area contributed by atoms with Gasteiger partial charge in [-0.1, -0.05) is 55.8 Å². The van der Waals surface area contributed by atoms with Crippen LogP contribution < -0.4 is 5.32 Å². The third-order valence-electron chi connectivity index (χ3n) is 3.68. The Balaban J connectivity index is 1.77. The maximum atomic E-state index is 4.68. The Labute approximate surface area is 135 Å². The van der Waals surface area contributed by atoms with Gasteiger partial charge < -0.3 is 5.32 Å². The highest BCUT2D eigenvalue weighted by Gasteiger charge is 2.06. The van der Waals surface area contributed by atoms with Crippen LogP contribution in [0.15, 0.2) is 53.9 Å². The molecule has 0 bridgehead atoms. The highest BCUT2D eigenvalue weighted by molar-refractivity contribution is 7.14. The molecule has 1 N–H and O–H groups in total. The Bertz CT molecular complexity index is 740. The monoisotopic (exact) mass is 308 g/mol. The summed E-state index contributed by atoms with van der Waals surface area (Å²) >= 11 is 1.63. The molecule has 0 radical (unpaired) electrons. The van der Waals surface area contributed by atoms with Crippen molar-refractivity contribution < 1.29 is 0 Å². The average Bonchev–Trinajstić information content (AvgIpc) is 2.98. The Morgan fingerprint density at radius 1 is 0.955 bits per heavy atom.